The van der Waals surface area contributed by atoms with E-state index in [1.807, 2.05) is 0 Å². The fourth-order valence-corrected chi connectivity index (χ4v) is 3.74. The summed E-state index contributed by atoms with van der Waals surface area (Å²) in [5, 5.41) is 3.73. The molecule has 2 fully saturated rings. The van der Waals surface area contributed by atoms with Gasteiger partial charge >= 0.3 is 0 Å². The molecule has 0 aliphatic carbocycles. The second-order valence-corrected chi connectivity index (χ2v) is 6.76. The van der Waals surface area contributed by atoms with E-state index >= 15 is 0 Å². The highest BCUT2D eigenvalue weighted by Crippen LogP contribution is 2.32. The average molecular weight is 288 g/mol. The van der Waals surface area contributed by atoms with E-state index in [2.05, 4.69) is 54.4 Å². The first kappa shape index (κ1) is 15.0. The third-order valence-electron chi connectivity index (χ3n) is 5.38. The van der Waals surface area contributed by atoms with E-state index in [-0.39, 0.29) is 5.54 Å². The first-order chi connectivity index (χ1) is 10.2. The van der Waals surface area contributed by atoms with E-state index in [0.717, 1.165) is 32.5 Å². The largest absolute Gasteiger partial charge is 0.377 e. The minimum Gasteiger partial charge on any atom is -0.377 e. The molecule has 116 valence electrons. The molecule has 0 bridgehead atoms. The summed E-state index contributed by atoms with van der Waals surface area (Å²) in [6, 6.07) is 11.4. The van der Waals surface area contributed by atoms with Crippen LogP contribution in [0.25, 0.3) is 0 Å². The van der Waals surface area contributed by atoms with Crippen LogP contribution in [0.1, 0.15) is 32.3 Å². The van der Waals surface area contributed by atoms with Crippen molar-refractivity contribution in [3.8, 4) is 0 Å². The molecular formula is C18H28N2O. The molecule has 1 aromatic rings. The lowest BCUT2D eigenvalue weighted by atomic mass is 9.91. The van der Waals surface area contributed by atoms with Gasteiger partial charge in [0.1, 0.15) is 0 Å². The maximum atomic E-state index is 5.85. The van der Waals surface area contributed by atoms with Crippen LogP contribution in [0.2, 0.25) is 0 Å². The van der Waals surface area contributed by atoms with Gasteiger partial charge in [0.2, 0.25) is 0 Å². The topological polar surface area (TPSA) is 24.5 Å². The van der Waals surface area contributed by atoms with E-state index in [4.69, 9.17) is 4.74 Å². The lowest BCUT2D eigenvalue weighted by Gasteiger charge is -2.41. The minimum absolute atomic E-state index is 0.209. The van der Waals surface area contributed by atoms with Gasteiger partial charge in [0.25, 0.3) is 0 Å². The molecule has 3 unspecified atom stereocenters. The van der Waals surface area contributed by atoms with Crippen LogP contribution in [0.4, 0.5) is 0 Å². The number of nitrogens with one attached hydrogen (secondary N) is 1. The summed E-state index contributed by atoms with van der Waals surface area (Å²) < 4.78 is 5.85. The van der Waals surface area contributed by atoms with E-state index in [9.17, 15) is 0 Å². The van der Waals surface area contributed by atoms with Gasteiger partial charge in [-0.15, -0.1) is 0 Å². The first-order valence-electron chi connectivity index (χ1n) is 8.32. The Labute approximate surface area is 128 Å². The van der Waals surface area contributed by atoms with Gasteiger partial charge in [0.05, 0.1) is 6.10 Å². The molecule has 1 N–H and O–H groups in total. The van der Waals surface area contributed by atoms with Crippen LogP contribution in [-0.2, 0) is 11.2 Å². The van der Waals surface area contributed by atoms with Crippen molar-refractivity contribution in [3.05, 3.63) is 35.9 Å². The summed E-state index contributed by atoms with van der Waals surface area (Å²) in [5.74, 6) is 0. The summed E-state index contributed by atoms with van der Waals surface area (Å²) in [7, 11) is 0. The fraction of sp³-hybridized carbons (Fsp3) is 0.667. The predicted octanol–water partition coefficient (Wildman–Crippen LogP) is 2.46. The Kier molecular flexibility index (Phi) is 4.63. The van der Waals surface area contributed by atoms with Crippen molar-refractivity contribution in [1.82, 2.24) is 10.2 Å². The van der Waals surface area contributed by atoms with Crippen LogP contribution in [-0.4, -0.2) is 48.8 Å². The SMILES string of the molecule is CC1OCCC1(C)N1CCCNC(Cc2ccccc2)C1. The van der Waals surface area contributed by atoms with Crippen molar-refractivity contribution in [2.45, 2.75) is 50.8 Å². The molecule has 2 saturated heterocycles. The third kappa shape index (κ3) is 3.31. The number of rotatable bonds is 3. The van der Waals surface area contributed by atoms with Gasteiger partial charge in [-0.3, -0.25) is 4.90 Å². The van der Waals surface area contributed by atoms with Gasteiger partial charge in [-0.05, 0) is 45.2 Å². The van der Waals surface area contributed by atoms with Crippen molar-refractivity contribution >= 4 is 0 Å². The van der Waals surface area contributed by atoms with E-state index < -0.39 is 0 Å². The Morgan fingerprint density at radius 2 is 2.14 bits per heavy atom. The summed E-state index contributed by atoms with van der Waals surface area (Å²) in [6.07, 6.45) is 3.84. The van der Waals surface area contributed by atoms with Gasteiger partial charge in [0, 0.05) is 31.3 Å². The van der Waals surface area contributed by atoms with Gasteiger partial charge in [-0.1, -0.05) is 30.3 Å². The van der Waals surface area contributed by atoms with Crippen molar-refractivity contribution in [1.29, 1.82) is 0 Å². The van der Waals surface area contributed by atoms with Crippen LogP contribution in [0.15, 0.2) is 30.3 Å². The van der Waals surface area contributed by atoms with Gasteiger partial charge in [-0.25, -0.2) is 0 Å². The zero-order valence-corrected chi connectivity index (χ0v) is 13.3. The van der Waals surface area contributed by atoms with Crippen LogP contribution < -0.4 is 5.32 Å². The number of ether oxygens (including phenoxy) is 1. The van der Waals surface area contributed by atoms with Crippen LogP contribution >= 0.6 is 0 Å². The maximum absolute atomic E-state index is 5.85. The molecule has 2 heterocycles. The maximum Gasteiger partial charge on any atom is 0.0728 e. The summed E-state index contributed by atoms with van der Waals surface area (Å²) in [4.78, 5) is 2.68. The molecule has 3 atom stereocenters. The normalized spacial score (nSPS) is 34.8. The molecule has 0 amide bonds. The first-order valence-corrected chi connectivity index (χ1v) is 8.32. The van der Waals surface area contributed by atoms with E-state index in [1.165, 1.54) is 18.5 Å². The molecule has 0 saturated carbocycles. The molecule has 1 aromatic carbocycles. The number of hydrogen-bond donors (Lipinski definition) is 1. The summed E-state index contributed by atoms with van der Waals surface area (Å²) in [5.41, 5.74) is 1.64. The molecule has 0 spiro atoms. The number of benzene rings is 1. The second-order valence-electron chi connectivity index (χ2n) is 6.76. The Morgan fingerprint density at radius 3 is 2.86 bits per heavy atom. The van der Waals surface area contributed by atoms with E-state index in [0.29, 0.717) is 12.1 Å². The van der Waals surface area contributed by atoms with E-state index in [1.54, 1.807) is 0 Å². The number of nitrogens with zero attached hydrogens (tertiary/aromatic N) is 1. The van der Waals surface area contributed by atoms with Crippen LogP contribution in [0.3, 0.4) is 0 Å². The lowest BCUT2D eigenvalue weighted by Crippen LogP contribution is -2.54. The van der Waals surface area contributed by atoms with Gasteiger partial charge in [-0.2, -0.15) is 0 Å². The summed E-state index contributed by atoms with van der Waals surface area (Å²) >= 11 is 0. The van der Waals surface area contributed by atoms with Crippen molar-refractivity contribution < 1.29 is 4.74 Å². The fourth-order valence-electron chi connectivity index (χ4n) is 3.74. The molecule has 3 heteroatoms. The molecule has 2 aliphatic heterocycles. The predicted molar refractivity (Wildman–Crippen MR) is 86.6 cm³/mol. The van der Waals surface area contributed by atoms with Gasteiger partial charge < -0.3 is 10.1 Å². The van der Waals surface area contributed by atoms with Crippen LogP contribution in [0.5, 0.6) is 0 Å². The average Bonchev–Trinajstić information content (AvgIpc) is 2.71. The molecule has 0 aromatic heterocycles. The Bertz CT molecular complexity index is 450. The monoisotopic (exact) mass is 288 g/mol. The third-order valence-corrected chi connectivity index (χ3v) is 5.38. The highest BCUT2D eigenvalue weighted by molar-refractivity contribution is 5.16. The zero-order chi connectivity index (χ0) is 14.7. The molecule has 0 radical (unpaired) electrons. The molecule has 3 rings (SSSR count). The second kappa shape index (κ2) is 6.47. The Hall–Kier alpha value is -0.900. The molecule has 2 aliphatic rings. The highest BCUT2D eigenvalue weighted by Gasteiger charge is 2.42. The highest BCUT2D eigenvalue weighted by atomic mass is 16.5. The Balaban J connectivity index is 1.69. The smallest absolute Gasteiger partial charge is 0.0728 e. The van der Waals surface area contributed by atoms with Crippen LogP contribution in [0, 0.1) is 0 Å². The molecular weight excluding hydrogens is 260 g/mol. The quantitative estimate of drug-likeness (QED) is 0.924. The van der Waals surface area contributed by atoms with Crippen molar-refractivity contribution in [2.24, 2.45) is 0 Å². The standard InChI is InChI=1S/C18H28N2O/c1-15-18(2,9-12-21-15)20-11-6-10-19-17(14-20)13-16-7-4-3-5-8-16/h3-5,7-8,15,17,19H,6,9-14H2,1-2H3. The lowest BCUT2D eigenvalue weighted by molar-refractivity contribution is 0.0194. The zero-order valence-electron chi connectivity index (χ0n) is 13.3. The van der Waals surface area contributed by atoms with Crippen molar-refractivity contribution in [3.63, 3.8) is 0 Å². The minimum atomic E-state index is 0.209. The molecule has 3 nitrogen and oxygen atoms in total. The molecule has 21 heavy (non-hydrogen) atoms. The number of hydrogen-bond acceptors (Lipinski definition) is 3. The Morgan fingerprint density at radius 1 is 1.33 bits per heavy atom. The van der Waals surface area contributed by atoms with Crippen molar-refractivity contribution in [2.75, 3.05) is 26.2 Å². The van der Waals surface area contributed by atoms with Gasteiger partial charge in [0.15, 0.2) is 0 Å². The summed E-state index contributed by atoms with van der Waals surface area (Å²) in [6.45, 7) is 8.96.